The van der Waals surface area contributed by atoms with Crippen LogP contribution in [0.3, 0.4) is 0 Å². The minimum Gasteiger partial charge on any atom is -0.508 e. The zero-order chi connectivity index (χ0) is 16.8. The van der Waals surface area contributed by atoms with Crippen LogP contribution < -0.4 is 4.74 Å². The number of rotatable bonds is 7. The maximum absolute atomic E-state index is 9.29. The topological polar surface area (TPSA) is 32.7 Å². The highest BCUT2D eigenvalue weighted by Crippen LogP contribution is 2.31. The van der Waals surface area contributed by atoms with Crippen molar-refractivity contribution >= 4 is 21.8 Å². The van der Waals surface area contributed by atoms with Gasteiger partial charge in [-0.3, -0.25) is 0 Å². The molecule has 24 heavy (non-hydrogen) atoms. The van der Waals surface area contributed by atoms with Gasteiger partial charge in [0, 0.05) is 13.1 Å². The summed E-state index contributed by atoms with van der Waals surface area (Å²) in [4.78, 5) is 0. The standard InChI is InChI=1S/C19H23NO2S2/c1-23-24-20-11-10-16-13-19(9-6-17(16)14-20)22-12-2-3-15-4-7-18(21)8-5-15/h4-9,13,21H,2-3,10-12,14H2,1H3. The Morgan fingerprint density at radius 1 is 1.12 bits per heavy atom. The van der Waals surface area contributed by atoms with E-state index >= 15 is 0 Å². The molecule has 2 aromatic rings. The smallest absolute Gasteiger partial charge is 0.119 e. The van der Waals surface area contributed by atoms with Gasteiger partial charge in [0.1, 0.15) is 11.5 Å². The first-order chi connectivity index (χ1) is 11.7. The molecule has 1 heterocycles. The number of aryl methyl sites for hydroxylation is 1. The first kappa shape index (κ1) is 17.5. The lowest BCUT2D eigenvalue weighted by Crippen LogP contribution is -2.23. The molecule has 0 aliphatic carbocycles. The molecule has 3 rings (SSSR count). The molecule has 3 nitrogen and oxygen atoms in total. The summed E-state index contributed by atoms with van der Waals surface area (Å²) in [5.74, 6) is 1.30. The Hall–Kier alpha value is -1.30. The zero-order valence-electron chi connectivity index (χ0n) is 13.9. The van der Waals surface area contributed by atoms with Crippen LogP contribution >= 0.6 is 21.8 Å². The summed E-state index contributed by atoms with van der Waals surface area (Å²) in [6.07, 6.45) is 5.15. The van der Waals surface area contributed by atoms with Crippen molar-refractivity contribution in [2.75, 3.05) is 19.4 Å². The third-order valence-corrected chi connectivity index (χ3v) is 5.90. The Morgan fingerprint density at radius 3 is 2.75 bits per heavy atom. The van der Waals surface area contributed by atoms with Gasteiger partial charge in [-0.25, -0.2) is 4.31 Å². The highest BCUT2D eigenvalue weighted by Gasteiger charge is 2.16. The maximum Gasteiger partial charge on any atom is 0.119 e. The lowest BCUT2D eigenvalue weighted by Gasteiger charge is -2.26. The van der Waals surface area contributed by atoms with Crippen LogP contribution in [0.5, 0.6) is 11.5 Å². The molecular formula is C19H23NO2S2. The highest BCUT2D eigenvalue weighted by atomic mass is 33.1. The molecular weight excluding hydrogens is 338 g/mol. The number of ether oxygens (including phenoxy) is 1. The Bertz CT molecular complexity index is 661. The van der Waals surface area contributed by atoms with Gasteiger partial charge in [-0.05, 0) is 77.5 Å². The van der Waals surface area contributed by atoms with Crippen LogP contribution in [0, 0.1) is 0 Å². The van der Waals surface area contributed by atoms with Gasteiger partial charge >= 0.3 is 0 Å². The summed E-state index contributed by atoms with van der Waals surface area (Å²) in [5, 5.41) is 9.29. The Morgan fingerprint density at radius 2 is 1.96 bits per heavy atom. The molecule has 0 spiro atoms. The van der Waals surface area contributed by atoms with Gasteiger partial charge in [-0.15, -0.1) is 0 Å². The van der Waals surface area contributed by atoms with E-state index in [0.29, 0.717) is 12.4 Å². The van der Waals surface area contributed by atoms with Crippen LogP contribution in [0.25, 0.3) is 0 Å². The van der Waals surface area contributed by atoms with Crippen molar-refractivity contribution < 1.29 is 9.84 Å². The van der Waals surface area contributed by atoms with Gasteiger partial charge in [0.05, 0.1) is 6.61 Å². The van der Waals surface area contributed by atoms with Crippen LogP contribution in [0.2, 0.25) is 0 Å². The van der Waals surface area contributed by atoms with Crippen molar-refractivity contribution in [3.8, 4) is 11.5 Å². The van der Waals surface area contributed by atoms with Crippen molar-refractivity contribution in [1.82, 2.24) is 4.31 Å². The zero-order valence-corrected chi connectivity index (χ0v) is 15.5. The van der Waals surface area contributed by atoms with E-state index in [4.69, 9.17) is 4.74 Å². The minimum absolute atomic E-state index is 0.318. The quantitative estimate of drug-likeness (QED) is 0.439. The fourth-order valence-electron chi connectivity index (χ4n) is 2.89. The second-order valence-electron chi connectivity index (χ2n) is 5.90. The number of aromatic hydroxyl groups is 1. The SMILES string of the molecule is CSSN1CCc2cc(OCCCc3ccc(O)cc3)ccc2C1. The summed E-state index contributed by atoms with van der Waals surface area (Å²) < 4.78 is 8.33. The fraction of sp³-hybridized carbons (Fsp3) is 0.368. The number of fused-ring (bicyclic) bond motifs is 1. The monoisotopic (exact) mass is 361 g/mol. The fourth-order valence-corrected chi connectivity index (χ4v) is 4.47. The average molecular weight is 362 g/mol. The number of phenolic OH excluding ortho intramolecular Hbond substituents is 1. The van der Waals surface area contributed by atoms with E-state index in [-0.39, 0.29) is 0 Å². The van der Waals surface area contributed by atoms with Gasteiger partial charge in [0.15, 0.2) is 0 Å². The molecule has 0 fully saturated rings. The van der Waals surface area contributed by atoms with Crippen molar-refractivity contribution in [3.63, 3.8) is 0 Å². The number of nitrogens with zero attached hydrogens (tertiary/aromatic N) is 1. The van der Waals surface area contributed by atoms with Crippen molar-refractivity contribution in [2.24, 2.45) is 0 Å². The molecule has 0 bridgehead atoms. The summed E-state index contributed by atoms with van der Waals surface area (Å²) >= 11 is 0. The normalized spacial score (nSPS) is 14.4. The molecule has 0 unspecified atom stereocenters. The minimum atomic E-state index is 0.318. The summed E-state index contributed by atoms with van der Waals surface area (Å²) in [7, 11) is 3.64. The first-order valence-electron chi connectivity index (χ1n) is 8.23. The molecule has 1 aliphatic heterocycles. The van der Waals surface area contributed by atoms with Crippen LogP contribution in [0.15, 0.2) is 42.5 Å². The lowest BCUT2D eigenvalue weighted by molar-refractivity contribution is 0.310. The second kappa shape index (κ2) is 8.70. The Balaban J connectivity index is 1.47. The largest absolute Gasteiger partial charge is 0.508 e. The van der Waals surface area contributed by atoms with E-state index in [9.17, 15) is 5.11 Å². The van der Waals surface area contributed by atoms with Crippen molar-refractivity contribution in [3.05, 3.63) is 59.2 Å². The van der Waals surface area contributed by atoms with E-state index in [1.165, 1.54) is 16.7 Å². The summed E-state index contributed by atoms with van der Waals surface area (Å²) in [6.45, 7) is 2.83. The summed E-state index contributed by atoms with van der Waals surface area (Å²) in [5.41, 5.74) is 4.07. The Labute approximate surface area is 151 Å². The third-order valence-electron chi connectivity index (χ3n) is 4.15. The summed E-state index contributed by atoms with van der Waals surface area (Å²) in [6, 6.07) is 13.9. The van der Waals surface area contributed by atoms with Crippen molar-refractivity contribution in [1.29, 1.82) is 0 Å². The first-order valence-corrected chi connectivity index (χ1v) is 10.7. The van der Waals surface area contributed by atoms with Gasteiger partial charge in [-0.1, -0.05) is 29.0 Å². The van der Waals surface area contributed by atoms with E-state index < -0.39 is 0 Å². The molecule has 0 radical (unpaired) electrons. The predicted molar refractivity (Wildman–Crippen MR) is 104 cm³/mol. The van der Waals surface area contributed by atoms with E-state index in [1.807, 2.05) is 23.1 Å². The predicted octanol–water partition coefficient (Wildman–Crippen LogP) is 4.69. The molecule has 0 saturated carbocycles. The van der Waals surface area contributed by atoms with Crippen LogP contribution in [-0.2, 0) is 19.4 Å². The van der Waals surface area contributed by atoms with Gasteiger partial charge in [0.25, 0.3) is 0 Å². The lowest BCUT2D eigenvalue weighted by atomic mass is 10.0. The molecule has 5 heteroatoms. The van der Waals surface area contributed by atoms with E-state index in [2.05, 4.69) is 28.8 Å². The molecule has 0 atom stereocenters. The van der Waals surface area contributed by atoms with E-state index in [0.717, 1.165) is 38.1 Å². The number of phenols is 1. The average Bonchev–Trinajstić information content (AvgIpc) is 2.60. The molecule has 0 amide bonds. The van der Waals surface area contributed by atoms with Crippen molar-refractivity contribution in [2.45, 2.75) is 25.8 Å². The third kappa shape index (κ3) is 4.85. The molecule has 128 valence electrons. The number of hydrogen-bond donors (Lipinski definition) is 1. The molecule has 2 aromatic carbocycles. The second-order valence-corrected chi connectivity index (χ2v) is 8.35. The van der Waals surface area contributed by atoms with Crippen LogP contribution in [0.4, 0.5) is 0 Å². The van der Waals surface area contributed by atoms with Gasteiger partial charge < -0.3 is 9.84 Å². The number of benzene rings is 2. The molecule has 0 aromatic heterocycles. The van der Waals surface area contributed by atoms with Gasteiger partial charge in [0.2, 0.25) is 0 Å². The highest BCUT2D eigenvalue weighted by molar-refractivity contribution is 8.75. The Kier molecular flexibility index (Phi) is 6.35. The van der Waals surface area contributed by atoms with Crippen LogP contribution in [-0.4, -0.2) is 28.8 Å². The molecule has 1 N–H and O–H groups in total. The maximum atomic E-state index is 9.29. The van der Waals surface area contributed by atoms with Crippen LogP contribution in [0.1, 0.15) is 23.1 Å². The number of hydrogen-bond acceptors (Lipinski definition) is 5. The van der Waals surface area contributed by atoms with Gasteiger partial charge in [-0.2, -0.15) is 0 Å². The molecule has 1 aliphatic rings. The molecule has 0 saturated heterocycles. The van der Waals surface area contributed by atoms with E-state index in [1.54, 1.807) is 22.9 Å².